The van der Waals surface area contributed by atoms with Gasteiger partial charge in [-0.25, -0.2) is 5.43 Å². The number of ether oxygens (including phenoxy) is 1. The molecule has 136 valence electrons. The van der Waals surface area contributed by atoms with Gasteiger partial charge in [-0.05, 0) is 57.1 Å². The first kappa shape index (κ1) is 20.9. The standard InChI is InChI=1S/C20H33ClN2O/c1-5-6-9-15-24-19-13-8-7-11-18(12-10-14-19)16-17(2)20(21)23(4)22-3/h5-6,10,12,14,18,22H,7-9,11,13,15-16H2,1-4H3/b6-5?,12-10?,19-14+,20-17-. The van der Waals surface area contributed by atoms with Crippen LogP contribution in [0.2, 0.25) is 0 Å². The van der Waals surface area contributed by atoms with Gasteiger partial charge in [0.05, 0.1) is 12.4 Å². The largest absolute Gasteiger partial charge is 0.498 e. The number of halogens is 1. The molecule has 1 atom stereocenters. The fourth-order valence-corrected chi connectivity index (χ4v) is 2.94. The zero-order valence-corrected chi connectivity index (χ0v) is 16.4. The van der Waals surface area contributed by atoms with Gasteiger partial charge in [0.25, 0.3) is 0 Å². The average Bonchev–Trinajstić information content (AvgIpc) is 2.69. The molecule has 1 aliphatic rings. The highest BCUT2D eigenvalue weighted by Crippen LogP contribution is 2.26. The lowest BCUT2D eigenvalue weighted by Crippen LogP contribution is -2.28. The Balaban J connectivity index is 2.62. The van der Waals surface area contributed by atoms with Gasteiger partial charge < -0.3 is 9.75 Å². The van der Waals surface area contributed by atoms with Crippen LogP contribution in [0.5, 0.6) is 0 Å². The molecule has 0 heterocycles. The molecule has 1 unspecified atom stereocenters. The van der Waals surface area contributed by atoms with E-state index in [1.165, 1.54) is 24.8 Å². The van der Waals surface area contributed by atoms with Crippen molar-refractivity contribution in [1.29, 1.82) is 0 Å². The Morgan fingerprint density at radius 3 is 2.96 bits per heavy atom. The molecule has 1 N–H and O–H groups in total. The zero-order chi connectivity index (χ0) is 17.8. The molecule has 3 nitrogen and oxygen atoms in total. The fourth-order valence-electron chi connectivity index (χ4n) is 2.78. The summed E-state index contributed by atoms with van der Waals surface area (Å²) in [5.74, 6) is 1.64. The molecule has 0 aliphatic heterocycles. The summed E-state index contributed by atoms with van der Waals surface area (Å²) >= 11 is 6.39. The fraction of sp³-hybridized carbons (Fsp3) is 0.600. The van der Waals surface area contributed by atoms with Crippen molar-refractivity contribution in [1.82, 2.24) is 10.4 Å². The molecule has 0 saturated carbocycles. The zero-order valence-electron chi connectivity index (χ0n) is 15.6. The highest BCUT2D eigenvalue weighted by Gasteiger charge is 2.12. The van der Waals surface area contributed by atoms with Crippen molar-refractivity contribution >= 4 is 11.6 Å². The summed E-state index contributed by atoms with van der Waals surface area (Å²) in [5.41, 5.74) is 4.26. The van der Waals surface area contributed by atoms with Crippen LogP contribution in [0.15, 0.2) is 46.9 Å². The second kappa shape index (κ2) is 12.2. The number of rotatable bonds is 8. The number of hydrogen-bond donors (Lipinski definition) is 1. The van der Waals surface area contributed by atoms with E-state index < -0.39 is 0 Å². The molecule has 0 radical (unpaired) electrons. The Labute approximate surface area is 153 Å². The van der Waals surface area contributed by atoms with Crippen molar-refractivity contribution in [3.05, 3.63) is 46.9 Å². The summed E-state index contributed by atoms with van der Waals surface area (Å²) < 4.78 is 5.89. The molecule has 0 spiro atoms. The van der Waals surface area contributed by atoms with Crippen molar-refractivity contribution in [3.63, 3.8) is 0 Å². The number of allylic oxidation sites excluding steroid dienone is 6. The smallest absolute Gasteiger partial charge is 0.117 e. The van der Waals surface area contributed by atoms with Crippen LogP contribution in [-0.4, -0.2) is 25.7 Å². The van der Waals surface area contributed by atoms with E-state index in [2.05, 4.69) is 42.7 Å². The van der Waals surface area contributed by atoms with E-state index in [9.17, 15) is 0 Å². The number of nitrogens with one attached hydrogen (secondary N) is 1. The summed E-state index contributed by atoms with van der Waals surface area (Å²) in [7, 11) is 3.81. The van der Waals surface area contributed by atoms with E-state index in [-0.39, 0.29) is 0 Å². The maximum absolute atomic E-state index is 6.39. The van der Waals surface area contributed by atoms with E-state index in [0.29, 0.717) is 5.92 Å². The first-order chi connectivity index (χ1) is 11.6. The second-order valence-corrected chi connectivity index (χ2v) is 6.65. The first-order valence-corrected chi connectivity index (χ1v) is 9.34. The van der Waals surface area contributed by atoms with Gasteiger partial charge >= 0.3 is 0 Å². The molecule has 0 amide bonds. The number of hydrogen-bond acceptors (Lipinski definition) is 3. The molecule has 1 rings (SSSR count). The Morgan fingerprint density at radius 1 is 1.46 bits per heavy atom. The summed E-state index contributed by atoms with van der Waals surface area (Å²) in [4.78, 5) is 0. The van der Waals surface area contributed by atoms with Crippen LogP contribution in [0.25, 0.3) is 0 Å². The van der Waals surface area contributed by atoms with Gasteiger partial charge in [0.1, 0.15) is 5.16 Å². The Bertz CT molecular complexity index is 480. The van der Waals surface area contributed by atoms with E-state index in [1.54, 1.807) is 0 Å². The Hall–Kier alpha value is -1.19. The minimum atomic E-state index is 0.530. The predicted octanol–water partition coefficient (Wildman–Crippen LogP) is 5.53. The molecular formula is C20H33ClN2O. The van der Waals surface area contributed by atoms with Crippen molar-refractivity contribution in [2.24, 2.45) is 5.92 Å². The van der Waals surface area contributed by atoms with Crippen molar-refractivity contribution in [3.8, 4) is 0 Å². The normalized spacial score (nSPS) is 22.2. The summed E-state index contributed by atoms with van der Waals surface area (Å²) in [5, 5.41) is 2.64. The van der Waals surface area contributed by atoms with E-state index in [4.69, 9.17) is 16.3 Å². The van der Waals surface area contributed by atoms with Gasteiger partial charge in [0.15, 0.2) is 0 Å². The van der Waals surface area contributed by atoms with Crippen LogP contribution in [0, 0.1) is 5.92 Å². The summed E-state index contributed by atoms with van der Waals surface area (Å²) in [6, 6.07) is 0. The maximum Gasteiger partial charge on any atom is 0.117 e. The molecule has 0 aromatic heterocycles. The molecule has 4 heteroatoms. The predicted molar refractivity (Wildman–Crippen MR) is 105 cm³/mol. The molecule has 0 aromatic rings. The highest BCUT2D eigenvalue weighted by atomic mass is 35.5. The van der Waals surface area contributed by atoms with Gasteiger partial charge in [-0.3, -0.25) is 0 Å². The Morgan fingerprint density at radius 2 is 2.25 bits per heavy atom. The van der Waals surface area contributed by atoms with Crippen LogP contribution in [0.4, 0.5) is 0 Å². The van der Waals surface area contributed by atoms with Crippen molar-refractivity contribution in [2.75, 3.05) is 20.7 Å². The van der Waals surface area contributed by atoms with Crippen LogP contribution < -0.4 is 5.43 Å². The van der Waals surface area contributed by atoms with Gasteiger partial charge in [0.2, 0.25) is 0 Å². The van der Waals surface area contributed by atoms with Crippen LogP contribution in [0.1, 0.15) is 52.4 Å². The highest BCUT2D eigenvalue weighted by molar-refractivity contribution is 6.29. The van der Waals surface area contributed by atoms with Crippen molar-refractivity contribution in [2.45, 2.75) is 52.4 Å². The third-order valence-electron chi connectivity index (χ3n) is 4.27. The van der Waals surface area contributed by atoms with Gasteiger partial charge in [0, 0.05) is 20.5 Å². The van der Waals surface area contributed by atoms with Crippen LogP contribution in [0.3, 0.4) is 0 Å². The topological polar surface area (TPSA) is 24.5 Å². The third-order valence-corrected chi connectivity index (χ3v) is 4.85. The quantitative estimate of drug-likeness (QED) is 0.269. The number of nitrogens with zero attached hydrogens (tertiary/aromatic N) is 1. The number of hydrazine groups is 1. The molecule has 24 heavy (non-hydrogen) atoms. The van der Waals surface area contributed by atoms with E-state index in [1.807, 2.05) is 26.0 Å². The van der Waals surface area contributed by atoms with E-state index in [0.717, 1.165) is 36.8 Å². The Kier molecular flexibility index (Phi) is 10.6. The maximum atomic E-state index is 6.39. The second-order valence-electron chi connectivity index (χ2n) is 6.29. The summed E-state index contributed by atoms with van der Waals surface area (Å²) in [6.45, 7) is 4.92. The van der Waals surface area contributed by atoms with Gasteiger partial charge in [-0.1, -0.05) is 42.3 Å². The van der Waals surface area contributed by atoms with Crippen LogP contribution in [-0.2, 0) is 4.74 Å². The summed E-state index contributed by atoms with van der Waals surface area (Å²) in [6.07, 6.45) is 17.4. The molecule has 0 aromatic carbocycles. The van der Waals surface area contributed by atoms with Gasteiger partial charge in [-0.2, -0.15) is 0 Å². The molecular weight excluding hydrogens is 320 g/mol. The third kappa shape index (κ3) is 8.07. The van der Waals surface area contributed by atoms with E-state index >= 15 is 0 Å². The first-order valence-electron chi connectivity index (χ1n) is 8.96. The lowest BCUT2D eigenvalue weighted by atomic mass is 9.94. The lowest BCUT2D eigenvalue weighted by Gasteiger charge is -2.20. The minimum Gasteiger partial charge on any atom is -0.498 e. The molecule has 0 fully saturated rings. The average molecular weight is 353 g/mol. The molecule has 1 aliphatic carbocycles. The van der Waals surface area contributed by atoms with Crippen LogP contribution >= 0.6 is 11.6 Å². The molecule has 0 bridgehead atoms. The minimum absolute atomic E-state index is 0.530. The SMILES string of the molecule is CC=CCCO/C1=C/C=CC(C/C(C)=C(/Cl)N(C)NC)CCCC1. The van der Waals surface area contributed by atoms with Gasteiger partial charge in [-0.15, -0.1) is 0 Å². The lowest BCUT2D eigenvalue weighted by molar-refractivity contribution is 0.205. The molecule has 0 saturated heterocycles. The monoisotopic (exact) mass is 352 g/mol. The van der Waals surface area contributed by atoms with Crippen molar-refractivity contribution < 1.29 is 4.74 Å².